The number of aromatic nitrogens is 2. The predicted molar refractivity (Wildman–Crippen MR) is 92.2 cm³/mol. The molecule has 0 bridgehead atoms. The summed E-state index contributed by atoms with van der Waals surface area (Å²) in [6.07, 6.45) is -0.382. The van der Waals surface area contributed by atoms with Crippen molar-refractivity contribution < 1.29 is 14.2 Å². The van der Waals surface area contributed by atoms with Crippen molar-refractivity contribution in [3.05, 3.63) is 42.0 Å². The average molecular weight is 337 g/mol. The van der Waals surface area contributed by atoms with E-state index in [0.29, 0.717) is 29.2 Å². The van der Waals surface area contributed by atoms with Gasteiger partial charge in [0.15, 0.2) is 23.6 Å². The SMILES string of the molecule is COc1cc([C@H]2N=C(N)Nc3nc4ccccc4n32)cc2c1OCO2. The molecule has 0 saturated heterocycles. The first-order valence-electron chi connectivity index (χ1n) is 7.79. The molecule has 0 fully saturated rings. The van der Waals surface area contributed by atoms with Crippen LogP contribution in [0, 0.1) is 0 Å². The lowest BCUT2D eigenvalue weighted by molar-refractivity contribution is 0.171. The van der Waals surface area contributed by atoms with Crippen molar-refractivity contribution in [3.8, 4) is 17.2 Å². The summed E-state index contributed by atoms with van der Waals surface area (Å²) in [5.41, 5.74) is 8.68. The first-order valence-corrected chi connectivity index (χ1v) is 7.79. The second-order valence-electron chi connectivity index (χ2n) is 5.76. The predicted octanol–water partition coefficient (Wildman–Crippen LogP) is 2.06. The topological polar surface area (TPSA) is 95.9 Å². The van der Waals surface area contributed by atoms with Crippen LogP contribution in [0.1, 0.15) is 11.7 Å². The Balaban J connectivity index is 1.73. The number of nitrogens with one attached hydrogen (secondary N) is 1. The molecule has 0 saturated carbocycles. The molecule has 0 amide bonds. The third kappa shape index (κ3) is 2.00. The van der Waals surface area contributed by atoms with Crippen molar-refractivity contribution in [2.45, 2.75) is 6.17 Å². The van der Waals surface area contributed by atoms with Gasteiger partial charge in [0.05, 0.1) is 18.1 Å². The molecule has 1 atom stereocenters. The standard InChI is InChI=1S/C17H15N5O3/c1-23-12-6-9(7-13-14(12)25-8-24-13)15-20-16(18)21-17-19-10-4-2-3-5-11(10)22(15)17/h2-7,15H,8H2,1H3,(H3,18,19,20,21)/t15-/m0/s1. The summed E-state index contributed by atoms with van der Waals surface area (Å²) in [6.45, 7) is 0.173. The first-order chi connectivity index (χ1) is 12.2. The highest BCUT2D eigenvalue weighted by Crippen LogP contribution is 2.44. The summed E-state index contributed by atoms with van der Waals surface area (Å²) in [5, 5.41) is 3.02. The van der Waals surface area contributed by atoms with Gasteiger partial charge in [0.2, 0.25) is 18.5 Å². The van der Waals surface area contributed by atoms with Crippen molar-refractivity contribution >= 4 is 22.9 Å². The second-order valence-corrected chi connectivity index (χ2v) is 5.76. The largest absolute Gasteiger partial charge is 0.493 e. The maximum absolute atomic E-state index is 5.98. The average Bonchev–Trinajstić information content (AvgIpc) is 3.23. The number of nitrogens with two attached hydrogens (primary N) is 1. The Morgan fingerprint density at radius 1 is 1.28 bits per heavy atom. The number of methoxy groups -OCH3 is 1. The molecule has 0 unspecified atom stereocenters. The molecule has 1 aromatic heterocycles. The monoisotopic (exact) mass is 337 g/mol. The van der Waals surface area contributed by atoms with Crippen molar-refractivity contribution in [3.63, 3.8) is 0 Å². The number of nitrogens with zero attached hydrogens (tertiary/aromatic N) is 3. The van der Waals surface area contributed by atoms with E-state index in [2.05, 4.69) is 15.3 Å². The molecule has 0 radical (unpaired) electrons. The number of para-hydroxylation sites is 2. The number of rotatable bonds is 2. The third-order valence-corrected chi connectivity index (χ3v) is 4.32. The van der Waals surface area contributed by atoms with Crippen LogP contribution in [0.4, 0.5) is 5.95 Å². The van der Waals surface area contributed by atoms with Gasteiger partial charge in [-0.25, -0.2) is 9.98 Å². The third-order valence-electron chi connectivity index (χ3n) is 4.32. The van der Waals surface area contributed by atoms with Gasteiger partial charge >= 0.3 is 0 Å². The van der Waals surface area contributed by atoms with Crippen molar-refractivity contribution in [1.82, 2.24) is 9.55 Å². The number of hydrogen-bond donors (Lipinski definition) is 2. The fraction of sp³-hybridized carbons (Fsp3) is 0.176. The quantitative estimate of drug-likeness (QED) is 0.743. The minimum atomic E-state index is -0.382. The van der Waals surface area contributed by atoms with E-state index in [4.69, 9.17) is 19.9 Å². The number of imidazole rings is 1. The Kier molecular flexibility index (Phi) is 2.81. The van der Waals surface area contributed by atoms with Crippen LogP contribution in [0.3, 0.4) is 0 Å². The van der Waals surface area contributed by atoms with E-state index >= 15 is 0 Å². The first kappa shape index (κ1) is 14.0. The fourth-order valence-electron chi connectivity index (χ4n) is 3.24. The number of ether oxygens (including phenoxy) is 3. The molecule has 8 heteroatoms. The van der Waals surface area contributed by atoms with Gasteiger partial charge in [-0.2, -0.15) is 0 Å². The molecular weight excluding hydrogens is 322 g/mol. The minimum Gasteiger partial charge on any atom is -0.493 e. The highest BCUT2D eigenvalue weighted by atomic mass is 16.7. The van der Waals surface area contributed by atoms with Gasteiger partial charge in [-0.05, 0) is 24.3 Å². The van der Waals surface area contributed by atoms with Crippen LogP contribution in [0.2, 0.25) is 0 Å². The van der Waals surface area contributed by atoms with Crippen LogP contribution in [0.25, 0.3) is 11.0 Å². The summed E-state index contributed by atoms with van der Waals surface area (Å²) < 4.78 is 18.5. The maximum Gasteiger partial charge on any atom is 0.231 e. The van der Waals surface area contributed by atoms with E-state index in [1.54, 1.807) is 7.11 Å². The zero-order valence-corrected chi connectivity index (χ0v) is 13.4. The highest BCUT2D eigenvalue weighted by Gasteiger charge is 2.28. The molecule has 0 spiro atoms. The van der Waals surface area contributed by atoms with E-state index in [9.17, 15) is 0 Å². The maximum atomic E-state index is 5.98. The summed E-state index contributed by atoms with van der Waals surface area (Å²) in [5.74, 6) is 2.79. The fourth-order valence-corrected chi connectivity index (χ4v) is 3.24. The molecule has 3 heterocycles. The van der Waals surface area contributed by atoms with Crippen molar-refractivity contribution in [1.29, 1.82) is 0 Å². The van der Waals surface area contributed by atoms with E-state index in [1.807, 2.05) is 41.0 Å². The van der Waals surface area contributed by atoms with Crippen LogP contribution < -0.4 is 25.3 Å². The Hall–Kier alpha value is -3.42. The summed E-state index contributed by atoms with van der Waals surface area (Å²) in [4.78, 5) is 9.17. The number of anilines is 1. The van der Waals surface area contributed by atoms with E-state index < -0.39 is 0 Å². The Morgan fingerprint density at radius 3 is 3.04 bits per heavy atom. The summed E-state index contributed by atoms with van der Waals surface area (Å²) >= 11 is 0. The molecule has 0 aliphatic carbocycles. The highest BCUT2D eigenvalue weighted by molar-refractivity contribution is 5.94. The van der Waals surface area contributed by atoms with E-state index in [0.717, 1.165) is 16.6 Å². The number of hydrogen-bond acceptors (Lipinski definition) is 7. The van der Waals surface area contributed by atoms with Gasteiger partial charge in [-0.3, -0.25) is 9.88 Å². The number of guanidine groups is 1. The summed E-state index contributed by atoms with van der Waals surface area (Å²) in [7, 11) is 1.60. The van der Waals surface area contributed by atoms with Gasteiger partial charge in [-0.15, -0.1) is 0 Å². The van der Waals surface area contributed by atoms with Gasteiger partial charge in [0.25, 0.3) is 0 Å². The molecule has 8 nitrogen and oxygen atoms in total. The Morgan fingerprint density at radius 2 is 2.16 bits per heavy atom. The molecule has 3 N–H and O–H groups in total. The van der Waals surface area contributed by atoms with Gasteiger partial charge < -0.3 is 19.9 Å². The van der Waals surface area contributed by atoms with Crippen LogP contribution in [-0.4, -0.2) is 29.4 Å². The van der Waals surface area contributed by atoms with Crippen molar-refractivity contribution in [2.75, 3.05) is 19.2 Å². The van der Waals surface area contributed by atoms with Gasteiger partial charge in [-0.1, -0.05) is 12.1 Å². The summed E-state index contributed by atoms with van der Waals surface area (Å²) in [6, 6.07) is 11.7. The molecule has 5 rings (SSSR count). The molecule has 2 aromatic carbocycles. The lowest BCUT2D eigenvalue weighted by atomic mass is 10.1. The molecule has 3 aromatic rings. The molecule has 25 heavy (non-hydrogen) atoms. The lowest BCUT2D eigenvalue weighted by Crippen LogP contribution is -2.31. The molecule has 2 aliphatic rings. The van der Waals surface area contributed by atoms with E-state index in [1.165, 1.54) is 0 Å². The van der Waals surface area contributed by atoms with Crippen LogP contribution in [0.5, 0.6) is 17.2 Å². The Bertz CT molecular complexity index is 1030. The smallest absolute Gasteiger partial charge is 0.231 e. The normalized spacial score (nSPS) is 17.8. The van der Waals surface area contributed by atoms with E-state index in [-0.39, 0.29) is 13.0 Å². The van der Waals surface area contributed by atoms with Crippen LogP contribution in [-0.2, 0) is 0 Å². The number of aliphatic imine (C=N–C) groups is 1. The Labute approximate surface area is 142 Å². The zero-order valence-electron chi connectivity index (χ0n) is 13.4. The van der Waals surface area contributed by atoms with Crippen molar-refractivity contribution in [2.24, 2.45) is 10.7 Å². The lowest BCUT2D eigenvalue weighted by Gasteiger charge is -2.24. The zero-order chi connectivity index (χ0) is 17.0. The second kappa shape index (κ2) is 5.04. The van der Waals surface area contributed by atoms with Gasteiger partial charge in [0.1, 0.15) is 0 Å². The number of benzene rings is 2. The van der Waals surface area contributed by atoms with Crippen LogP contribution in [0.15, 0.2) is 41.4 Å². The minimum absolute atomic E-state index is 0.173. The van der Waals surface area contributed by atoms with Crippen LogP contribution >= 0.6 is 0 Å². The van der Waals surface area contributed by atoms with Gasteiger partial charge in [0, 0.05) is 5.56 Å². The molecule has 126 valence electrons. The molecular formula is C17H15N5O3. The number of fused-ring (bicyclic) bond motifs is 4. The molecule has 2 aliphatic heterocycles.